The van der Waals surface area contributed by atoms with Gasteiger partial charge in [-0.2, -0.15) is 0 Å². The largest absolute Gasteiger partial charge is 0.393 e. The fourth-order valence-electron chi connectivity index (χ4n) is 3.13. The highest BCUT2D eigenvalue weighted by Gasteiger charge is 2.04. The molecule has 0 amide bonds. The number of allylic oxidation sites excluding steroid dienone is 2. The molecule has 3 nitrogen and oxygen atoms in total. The van der Waals surface area contributed by atoms with E-state index < -0.39 is 0 Å². The van der Waals surface area contributed by atoms with Crippen LogP contribution in [-0.2, 0) is 6.42 Å². The molecule has 29 heavy (non-hydrogen) atoms. The summed E-state index contributed by atoms with van der Waals surface area (Å²) < 4.78 is 0. The van der Waals surface area contributed by atoms with Crippen LogP contribution in [0.3, 0.4) is 0 Å². The van der Waals surface area contributed by atoms with Crippen molar-refractivity contribution in [1.29, 1.82) is 0 Å². The fourth-order valence-corrected chi connectivity index (χ4v) is 3.13. The maximum Gasteiger partial charge on any atom is 0.0930 e. The number of aliphatic hydroxyl groups is 1. The summed E-state index contributed by atoms with van der Waals surface area (Å²) in [5.41, 5.74) is 6.25. The van der Waals surface area contributed by atoms with Crippen LogP contribution in [0.2, 0.25) is 0 Å². The van der Waals surface area contributed by atoms with E-state index in [-0.39, 0.29) is 6.10 Å². The van der Waals surface area contributed by atoms with Crippen LogP contribution in [0.25, 0.3) is 28.6 Å². The van der Waals surface area contributed by atoms with Crippen molar-refractivity contribution in [2.45, 2.75) is 38.7 Å². The number of rotatable bonds is 9. The van der Waals surface area contributed by atoms with Gasteiger partial charge in [-0.05, 0) is 55.9 Å². The third kappa shape index (κ3) is 6.23. The SMILES string of the molecule is C=CCc1ccc(-c2ccc(-c3ccc(C=CCCCC(C)O)cc3)nn2)cc1. The lowest BCUT2D eigenvalue weighted by atomic mass is 10.1. The zero-order chi connectivity index (χ0) is 20.5. The average molecular weight is 385 g/mol. The van der Waals surface area contributed by atoms with Crippen molar-refractivity contribution in [1.82, 2.24) is 10.2 Å². The van der Waals surface area contributed by atoms with Crippen LogP contribution in [0.4, 0.5) is 0 Å². The molecule has 0 bridgehead atoms. The predicted molar refractivity (Wildman–Crippen MR) is 121 cm³/mol. The molecular weight excluding hydrogens is 356 g/mol. The van der Waals surface area contributed by atoms with Gasteiger partial charge in [0, 0.05) is 11.1 Å². The molecule has 0 spiro atoms. The van der Waals surface area contributed by atoms with Crippen molar-refractivity contribution in [2.75, 3.05) is 0 Å². The van der Waals surface area contributed by atoms with Crippen molar-refractivity contribution >= 4 is 6.08 Å². The van der Waals surface area contributed by atoms with Crippen LogP contribution in [0.1, 0.15) is 37.3 Å². The van der Waals surface area contributed by atoms with Crippen LogP contribution in [0, 0.1) is 0 Å². The molecule has 1 N–H and O–H groups in total. The number of hydrogen-bond donors (Lipinski definition) is 1. The van der Waals surface area contributed by atoms with Crippen LogP contribution >= 0.6 is 0 Å². The average Bonchev–Trinajstić information content (AvgIpc) is 2.75. The van der Waals surface area contributed by atoms with Crippen LogP contribution < -0.4 is 0 Å². The van der Waals surface area contributed by atoms with Gasteiger partial charge < -0.3 is 5.11 Å². The van der Waals surface area contributed by atoms with Crippen LogP contribution in [0.15, 0.2) is 79.4 Å². The standard InChI is InChI=1S/C26H28N2O/c1-3-7-21-10-14-23(15-11-21)25-18-19-26(28-27-25)24-16-12-22(13-17-24)9-6-4-5-8-20(2)29/h3,6,9-20,29H,1,4-5,7-8H2,2H3. The molecule has 1 aromatic heterocycles. The van der Waals surface area contributed by atoms with Crippen molar-refractivity contribution < 1.29 is 5.11 Å². The first kappa shape index (κ1) is 20.7. The first-order valence-electron chi connectivity index (χ1n) is 10.1. The maximum absolute atomic E-state index is 9.28. The Labute approximate surface area is 173 Å². The van der Waals surface area contributed by atoms with Crippen LogP contribution in [-0.4, -0.2) is 21.4 Å². The van der Waals surface area contributed by atoms with Gasteiger partial charge in [-0.1, -0.05) is 66.8 Å². The Balaban J connectivity index is 1.62. The molecule has 3 aromatic rings. The zero-order valence-corrected chi connectivity index (χ0v) is 17.0. The molecule has 1 atom stereocenters. The number of benzene rings is 2. The Kier molecular flexibility index (Phi) is 7.48. The second-order valence-corrected chi connectivity index (χ2v) is 7.30. The molecule has 0 aliphatic heterocycles. The molecule has 0 radical (unpaired) electrons. The minimum Gasteiger partial charge on any atom is -0.393 e. The monoisotopic (exact) mass is 384 g/mol. The Morgan fingerprint density at radius 1 is 0.897 bits per heavy atom. The second kappa shape index (κ2) is 10.5. The topological polar surface area (TPSA) is 46.0 Å². The molecule has 0 fully saturated rings. The van der Waals surface area contributed by atoms with Gasteiger partial charge in [0.05, 0.1) is 17.5 Å². The Bertz CT molecular complexity index is 924. The summed E-state index contributed by atoms with van der Waals surface area (Å²) in [6, 6.07) is 20.7. The normalized spacial score (nSPS) is 12.2. The summed E-state index contributed by atoms with van der Waals surface area (Å²) in [4.78, 5) is 0. The Morgan fingerprint density at radius 3 is 2.00 bits per heavy atom. The second-order valence-electron chi connectivity index (χ2n) is 7.30. The molecule has 148 valence electrons. The Morgan fingerprint density at radius 2 is 1.48 bits per heavy atom. The summed E-state index contributed by atoms with van der Waals surface area (Å²) in [6.45, 7) is 5.60. The lowest BCUT2D eigenvalue weighted by Crippen LogP contribution is -1.97. The highest BCUT2D eigenvalue weighted by molar-refractivity contribution is 5.65. The third-order valence-electron chi connectivity index (χ3n) is 4.80. The molecular formula is C26H28N2O. The summed E-state index contributed by atoms with van der Waals surface area (Å²) in [7, 11) is 0. The number of aliphatic hydroxyl groups excluding tert-OH is 1. The first-order chi connectivity index (χ1) is 14.2. The third-order valence-corrected chi connectivity index (χ3v) is 4.80. The number of unbranched alkanes of at least 4 members (excludes halogenated alkanes) is 1. The quantitative estimate of drug-likeness (QED) is 0.358. The smallest absolute Gasteiger partial charge is 0.0930 e. The summed E-state index contributed by atoms with van der Waals surface area (Å²) in [5.74, 6) is 0. The highest BCUT2D eigenvalue weighted by atomic mass is 16.3. The summed E-state index contributed by atoms with van der Waals surface area (Å²) >= 11 is 0. The number of nitrogens with zero attached hydrogens (tertiary/aromatic N) is 2. The molecule has 1 heterocycles. The van der Waals surface area contributed by atoms with Crippen molar-refractivity contribution in [3.63, 3.8) is 0 Å². The predicted octanol–water partition coefficient (Wildman–Crippen LogP) is 6.10. The number of hydrogen-bond acceptors (Lipinski definition) is 3. The zero-order valence-electron chi connectivity index (χ0n) is 17.0. The van der Waals surface area contributed by atoms with Crippen molar-refractivity contribution in [2.24, 2.45) is 0 Å². The molecule has 3 heteroatoms. The highest BCUT2D eigenvalue weighted by Crippen LogP contribution is 2.22. The first-order valence-corrected chi connectivity index (χ1v) is 10.1. The van der Waals surface area contributed by atoms with Gasteiger partial charge in [-0.3, -0.25) is 0 Å². The van der Waals surface area contributed by atoms with Gasteiger partial charge in [-0.15, -0.1) is 16.8 Å². The molecule has 1 unspecified atom stereocenters. The molecule has 0 aliphatic carbocycles. The van der Waals surface area contributed by atoms with Crippen molar-refractivity contribution in [3.05, 3.63) is 90.5 Å². The van der Waals surface area contributed by atoms with Gasteiger partial charge in [-0.25, -0.2) is 0 Å². The Hall–Kier alpha value is -3.04. The van der Waals surface area contributed by atoms with Crippen molar-refractivity contribution in [3.8, 4) is 22.5 Å². The van der Waals surface area contributed by atoms with E-state index in [0.717, 1.165) is 53.8 Å². The van der Waals surface area contributed by atoms with E-state index in [2.05, 4.69) is 77.5 Å². The van der Waals surface area contributed by atoms with Gasteiger partial charge >= 0.3 is 0 Å². The molecule has 0 saturated carbocycles. The van der Waals surface area contributed by atoms with Crippen LogP contribution in [0.5, 0.6) is 0 Å². The van der Waals surface area contributed by atoms with Gasteiger partial charge in [0.1, 0.15) is 0 Å². The van der Waals surface area contributed by atoms with Gasteiger partial charge in [0.25, 0.3) is 0 Å². The van der Waals surface area contributed by atoms with Gasteiger partial charge in [0.2, 0.25) is 0 Å². The number of aromatic nitrogens is 2. The lowest BCUT2D eigenvalue weighted by molar-refractivity contribution is 0.182. The van der Waals surface area contributed by atoms with E-state index >= 15 is 0 Å². The van der Waals surface area contributed by atoms with E-state index in [0.29, 0.717) is 0 Å². The van der Waals surface area contributed by atoms with E-state index in [4.69, 9.17) is 0 Å². The lowest BCUT2D eigenvalue weighted by Gasteiger charge is -2.04. The fraction of sp³-hybridized carbons (Fsp3) is 0.231. The summed E-state index contributed by atoms with van der Waals surface area (Å²) in [5, 5.41) is 18.1. The maximum atomic E-state index is 9.28. The summed E-state index contributed by atoms with van der Waals surface area (Å²) in [6.07, 6.45) is 9.67. The van der Waals surface area contributed by atoms with Gasteiger partial charge in [0.15, 0.2) is 0 Å². The van der Waals surface area contributed by atoms with E-state index in [1.54, 1.807) is 0 Å². The molecule has 0 saturated heterocycles. The van der Waals surface area contributed by atoms with E-state index in [9.17, 15) is 5.11 Å². The minimum absolute atomic E-state index is 0.216. The molecule has 2 aromatic carbocycles. The molecule has 0 aliphatic rings. The van der Waals surface area contributed by atoms with E-state index in [1.165, 1.54) is 5.56 Å². The van der Waals surface area contributed by atoms with E-state index in [1.807, 2.05) is 25.1 Å². The molecule has 3 rings (SSSR count). The minimum atomic E-state index is -0.216.